The number of rotatable bonds is 6. The molecule has 132 valence electrons. The van der Waals surface area contributed by atoms with Gasteiger partial charge in [0.15, 0.2) is 0 Å². The highest BCUT2D eigenvalue weighted by Crippen LogP contribution is 2.16. The van der Waals surface area contributed by atoms with Crippen LogP contribution in [0, 0.1) is 0 Å². The summed E-state index contributed by atoms with van der Waals surface area (Å²) in [5.41, 5.74) is 8.49. The number of piperidine rings is 1. The van der Waals surface area contributed by atoms with Crippen LogP contribution >= 0.6 is 0 Å². The summed E-state index contributed by atoms with van der Waals surface area (Å²) < 4.78 is 0. The molecule has 4 heteroatoms. The van der Waals surface area contributed by atoms with Crippen LogP contribution in [0.2, 0.25) is 0 Å². The average molecular weight is 337 g/mol. The Kier molecular flexibility index (Phi) is 6.20. The van der Waals surface area contributed by atoms with E-state index in [1.807, 2.05) is 36.4 Å². The average Bonchev–Trinajstić information content (AvgIpc) is 2.63. The number of carbonyl (C=O) groups is 1. The third-order valence-electron chi connectivity index (χ3n) is 4.75. The molecule has 0 spiro atoms. The summed E-state index contributed by atoms with van der Waals surface area (Å²) in [6.45, 7) is 2.93. The molecular formula is C21H27N3O. The van der Waals surface area contributed by atoms with Crippen LogP contribution in [-0.2, 0) is 11.3 Å². The van der Waals surface area contributed by atoms with Gasteiger partial charge in [0.1, 0.15) is 0 Å². The van der Waals surface area contributed by atoms with Crippen molar-refractivity contribution in [3.8, 4) is 0 Å². The van der Waals surface area contributed by atoms with Crippen LogP contribution in [0.5, 0.6) is 0 Å². The second-order valence-corrected chi connectivity index (χ2v) is 6.85. The molecule has 2 unspecified atom stereocenters. The monoisotopic (exact) mass is 337 g/mol. The molecule has 0 bridgehead atoms. The zero-order chi connectivity index (χ0) is 17.5. The lowest BCUT2D eigenvalue weighted by molar-refractivity contribution is -0.122. The molecule has 3 N–H and O–H groups in total. The predicted molar refractivity (Wildman–Crippen MR) is 101 cm³/mol. The fourth-order valence-electron chi connectivity index (χ4n) is 3.46. The minimum atomic E-state index is -0.245. The van der Waals surface area contributed by atoms with E-state index in [0.717, 1.165) is 38.0 Å². The molecule has 4 nitrogen and oxygen atoms in total. The summed E-state index contributed by atoms with van der Waals surface area (Å²) in [5.74, 6) is 0.0444. The standard InChI is InChI=1S/C21H27N3O/c22-20(18-10-5-2-6-11-18)14-21(25)23-19-12-7-13-24(16-19)15-17-8-3-1-4-9-17/h1-6,8-11,19-20H,7,12-16,22H2,(H,23,25). The summed E-state index contributed by atoms with van der Waals surface area (Å²) in [7, 11) is 0. The minimum absolute atomic E-state index is 0.0444. The van der Waals surface area contributed by atoms with E-state index in [9.17, 15) is 4.79 Å². The van der Waals surface area contributed by atoms with E-state index < -0.39 is 0 Å². The number of hydrogen-bond acceptors (Lipinski definition) is 3. The van der Waals surface area contributed by atoms with Gasteiger partial charge in [0.05, 0.1) is 0 Å². The number of amides is 1. The molecule has 2 atom stereocenters. The van der Waals surface area contributed by atoms with Crippen molar-refractivity contribution in [3.63, 3.8) is 0 Å². The van der Waals surface area contributed by atoms with Crippen LogP contribution in [0.1, 0.15) is 36.4 Å². The molecule has 0 saturated carbocycles. The van der Waals surface area contributed by atoms with Gasteiger partial charge >= 0.3 is 0 Å². The summed E-state index contributed by atoms with van der Waals surface area (Å²) in [6.07, 6.45) is 2.49. The molecule has 0 aliphatic carbocycles. The van der Waals surface area contributed by atoms with E-state index in [4.69, 9.17) is 5.73 Å². The molecule has 3 rings (SSSR count). The first-order chi connectivity index (χ1) is 12.2. The maximum atomic E-state index is 12.4. The highest BCUT2D eigenvalue weighted by atomic mass is 16.1. The number of likely N-dealkylation sites (tertiary alicyclic amines) is 1. The van der Waals surface area contributed by atoms with Crippen molar-refractivity contribution >= 4 is 5.91 Å². The molecule has 1 saturated heterocycles. The molecular weight excluding hydrogens is 310 g/mol. The van der Waals surface area contributed by atoms with Crippen LogP contribution in [0.3, 0.4) is 0 Å². The van der Waals surface area contributed by atoms with E-state index in [0.29, 0.717) is 6.42 Å². The van der Waals surface area contributed by atoms with Gasteiger partial charge in [-0.05, 0) is 30.5 Å². The predicted octanol–water partition coefficient (Wildman–Crippen LogP) is 2.86. The summed E-state index contributed by atoms with van der Waals surface area (Å²) >= 11 is 0. The van der Waals surface area contributed by atoms with Gasteiger partial charge in [0, 0.05) is 31.6 Å². The minimum Gasteiger partial charge on any atom is -0.352 e. The Hall–Kier alpha value is -2.17. The summed E-state index contributed by atoms with van der Waals surface area (Å²) in [5, 5.41) is 3.17. The fourth-order valence-corrected chi connectivity index (χ4v) is 3.46. The third kappa shape index (κ3) is 5.41. The number of nitrogens with zero attached hydrogens (tertiary/aromatic N) is 1. The van der Waals surface area contributed by atoms with Gasteiger partial charge < -0.3 is 11.1 Å². The van der Waals surface area contributed by atoms with Crippen LogP contribution < -0.4 is 11.1 Å². The second-order valence-electron chi connectivity index (χ2n) is 6.85. The van der Waals surface area contributed by atoms with Gasteiger partial charge in [-0.25, -0.2) is 0 Å². The van der Waals surface area contributed by atoms with E-state index in [2.05, 4.69) is 34.5 Å². The summed E-state index contributed by atoms with van der Waals surface area (Å²) in [4.78, 5) is 14.8. The third-order valence-corrected chi connectivity index (χ3v) is 4.75. The van der Waals surface area contributed by atoms with Gasteiger partial charge in [-0.1, -0.05) is 60.7 Å². The maximum Gasteiger partial charge on any atom is 0.222 e. The largest absolute Gasteiger partial charge is 0.352 e. The molecule has 1 heterocycles. The molecule has 1 aliphatic rings. The van der Waals surface area contributed by atoms with E-state index in [1.54, 1.807) is 0 Å². The van der Waals surface area contributed by atoms with Gasteiger partial charge in [-0.2, -0.15) is 0 Å². The van der Waals surface area contributed by atoms with Crippen molar-refractivity contribution in [1.82, 2.24) is 10.2 Å². The number of nitrogens with one attached hydrogen (secondary N) is 1. The number of benzene rings is 2. The SMILES string of the molecule is NC(CC(=O)NC1CCCN(Cc2ccccc2)C1)c1ccccc1. The Morgan fingerprint density at radius 2 is 1.80 bits per heavy atom. The van der Waals surface area contributed by atoms with Crippen LogP contribution in [0.25, 0.3) is 0 Å². The molecule has 0 aromatic heterocycles. The molecule has 1 amide bonds. The lowest BCUT2D eigenvalue weighted by Crippen LogP contribution is -2.47. The Morgan fingerprint density at radius 3 is 2.52 bits per heavy atom. The topological polar surface area (TPSA) is 58.4 Å². The highest BCUT2D eigenvalue weighted by Gasteiger charge is 2.22. The van der Waals surface area contributed by atoms with Crippen LogP contribution in [-0.4, -0.2) is 29.9 Å². The van der Waals surface area contributed by atoms with Crippen molar-refractivity contribution in [2.75, 3.05) is 13.1 Å². The lowest BCUT2D eigenvalue weighted by Gasteiger charge is -2.33. The highest BCUT2D eigenvalue weighted by molar-refractivity contribution is 5.77. The number of carbonyl (C=O) groups excluding carboxylic acids is 1. The molecule has 1 aliphatic heterocycles. The Morgan fingerprint density at radius 1 is 1.12 bits per heavy atom. The molecule has 0 radical (unpaired) electrons. The van der Waals surface area contributed by atoms with Crippen molar-refractivity contribution in [3.05, 3.63) is 71.8 Å². The zero-order valence-electron chi connectivity index (χ0n) is 14.6. The molecule has 2 aromatic rings. The second kappa shape index (κ2) is 8.79. The van der Waals surface area contributed by atoms with Crippen molar-refractivity contribution in [2.24, 2.45) is 5.73 Å². The Labute approximate surface area is 150 Å². The Balaban J connectivity index is 1.48. The van der Waals surface area contributed by atoms with Crippen molar-refractivity contribution < 1.29 is 4.79 Å². The first kappa shape index (κ1) is 17.6. The van der Waals surface area contributed by atoms with Gasteiger partial charge in [0.2, 0.25) is 5.91 Å². The van der Waals surface area contributed by atoms with E-state index >= 15 is 0 Å². The molecule has 25 heavy (non-hydrogen) atoms. The molecule has 2 aromatic carbocycles. The smallest absolute Gasteiger partial charge is 0.222 e. The summed E-state index contributed by atoms with van der Waals surface area (Å²) in [6, 6.07) is 20.3. The first-order valence-electron chi connectivity index (χ1n) is 9.07. The van der Waals surface area contributed by atoms with Gasteiger partial charge in [-0.15, -0.1) is 0 Å². The zero-order valence-corrected chi connectivity index (χ0v) is 14.6. The van der Waals surface area contributed by atoms with Crippen LogP contribution in [0.15, 0.2) is 60.7 Å². The number of hydrogen-bond donors (Lipinski definition) is 2. The molecule has 1 fully saturated rings. The maximum absolute atomic E-state index is 12.4. The van der Waals surface area contributed by atoms with Crippen LogP contribution in [0.4, 0.5) is 0 Å². The van der Waals surface area contributed by atoms with Crippen molar-refractivity contribution in [2.45, 2.75) is 37.9 Å². The normalized spacial score (nSPS) is 19.3. The number of nitrogens with two attached hydrogens (primary N) is 1. The van der Waals surface area contributed by atoms with Gasteiger partial charge in [0.25, 0.3) is 0 Å². The van der Waals surface area contributed by atoms with E-state index in [-0.39, 0.29) is 18.0 Å². The quantitative estimate of drug-likeness (QED) is 0.852. The lowest BCUT2D eigenvalue weighted by atomic mass is 10.0. The van der Waals surface area contributed by atoms with E-state index in [1.165, 1.54) is 5.56 Å². The first-order valence-corrected chi connectivity index (χ1v) is 9.07. The Bertz CT molecular complexity index is 659. The van der Waals surface area contributed by atoms with Gasteiger partial charge in [-0.3, -0.25) is 9.69 Å². The fraction of sp³-hybridized carbons (Fsp3) is 0.381. The van der Waals surface area contributed by atoms with Crippen molar-refractivity contribution in [1.29, 1.82) is 0 Å².